The third-order valence-corrected chi connectivity index (χ3v) is 3.82. The SMILES string of the molecule is Cc1ccc(C)c2c1C(=O)C(=O)N2CCSC(F)(F)F. The van der Waals surface area contributed by atoms with Crippen LogP contribution in [0.3, 0.4) is 0 Å². The van der Waals surface area contributed by atoms with Crippen molar-refractivity contribution in [3.05, 3.63) is 28.8 Å². The van der Waals surface area contributed by atoms with Crippen LogP contribution in [0, 0.1) is 13.8 Å². The number of nitrogens with zero attached hydrogens (tertiary/aromatic N) is 1. The molecule has 0 unspecified atom stereocenters. The normalized spacial score (nSPS) is 14.9. The molecule has 1 aliphatic heterocycles. The van der Waals surface area contributed by atoms with Gasteiger partial charge in [-0.15, -0.1) is 0 Å². The molecule has 0 saturated carbocycles. The lowest BCUT2D eigenvalue weighted by Crippen LogP contribution is -2.32. The van der Waals surface area contributed by atoms with E-state index >= 15 is 0 Å². The van der Waals surface area contributed by atoms with Gasteiger partial charge in [-0.1, -0.05) is 12.1 Å². The molecule has 1 heterocycles. The van der Waals surface area contributed by atoms with Crippen LogP contribution >= 0.6 is 11.8 Å². The van der Waals surface area contributed by atoms with Gasteiger partial charge in [0.15, 0.2) is 0 Å². The zero-order chi connectivity index (χ0) is 15.1. The van der Waals surface area contributed by atoms with Crippen LogP contribution in [0.4, 0.5) is 18.9 Å². The fourth-order valence-electron chi connectivity index (χ4n) is 2.23. The van der Waals surface area contributed by atoms with Crippen LogP contribution < -0.4 is 4.90 Å². The van der Waals surface area contributed by atoms with Gasteiger partial charge >= 0.3 is 5.51 Å². The molecule has 0 N–H and O–H groups in total. The Kier molecular flexibility index (Phi) is 3.82. The van der Waals surface area contributed by atoms with Crippen LogP contribution in [0.5, 0.6) is 0 Å². The average Bonchev–Trinajstić information content (AvgIpc) is 2.58. The van der Waals surface area contributed by atoms with Crippen LogP contribution in [-0.2, 0) is 4.79 Å². The second-order valence-corrected chi connectivity index (χ2v) is 5.66. The molecule has 3 nitrogen and oxygen atoms in total. The third kappa shape index (κ3) is 2.67. The van der Waals surface area contributed by atoms with E-state index in [1.54, 1.807) is 26.0 Å². The van der Waals surface area contributed by atoms with Crippen molar-refractivity contribution in [2.75, 3.05) is 17.2 Å². The molecule has 20 heavy (non-hydrogen) atoms. The number of benzene rings is 1. The first-order valence-corrected chi connectivity index (χ1v) is 6.88. The number of fused-ring (bicyclic) bond motifs is 1. The number of hydrogen-bond donors (Lipinski definition) is 0. The minimum atomic E-state index is -4.34. The summed E-state index contributed by atoms with van der Waals surface area (Å²) in [5.74, 6) is -1.69. The lowest BCUT2D eigenvalue weighted by Gasteiger charge is -2.19. The second kappa shape index (κ2) is 5.12. The molecule has 0 saturated heterocycles. The molecule has 108 valence electrons. The number of amides is 1. The molecular formula is C13H12F3NO2S. The second-order valence-electron chi connectivity index (χ2n) is 4.50. The number of rotatable bonds is 3. The number of thioether (sulfide) groups is 1. The molecule has 1 aliphatic rings. The van der Waals surface area contributed by atoms with Gasteiger partial charge in [0.2, 0.25) is 0 Å². The van der Waals surface area contributed by atoms with Gasteiger partial charge in [0.05, 0.1) is 11.3 Å². The summed E-state index contributed by atoms with van der Waals surface area (Å²) in [6, 6.07) is 3.48. The van der Waals surface area contributed by atoms with Crippen LogP contribution in [0.25, 0.3) is 0 Å². The summed E-state index contributed by atoms with van der Waals surface area (Å²) in [7, 11) is 0. The summed E-state index contributed by atoms with van der Waals surface area (Å²) in [5, 5.41) is 0. The molecule has 2 rings (SSSR count). The molecule has 0 radical (unpaired) electrons. The molecule has 0 bridgehead atoms. The van der Waals surface area contributed by atoms with Gasteiger partial charge in [0.1, 0.15) is 0 Å². The molecule has 0 aliphatic carbocycles. The number of halogens is 3. The van der Waals surface area contributed by atoms with Gasteiger partial charge in [-0.2, -0.15) is 13.2 Å². The zero-order valence-electron chi connectivity index (χ0n) is 10.9. The molecule has 0 atom stereocenters. The van der Waals surface area contributed by atoms with E-state index in [2.05, 4.69) is 0 Å². The quantitative estimate of drug-likeness (QED) is 0.805. The van der Waals surface area contributed by atoms with Crippen LogP contribution in [0.1, 0.15) is 21.5 Å². The van der Waals surface area contributed by atoms with E-state index in [1.807, 2.05) is 0 Å². The van der Waals surface area contributed by atoms with Crippen LogP contribution in [-0.4, -0.2) is 29.5 Å². The molecular weight excluding hydrogens is 291 g/mol. The summed E-state index contributed by atoms with van der Waals surface area (Å²) in [6.45, 7) is 3.30. The highest BCUT2D eigenvalue weighted by Gasteiger charge is 2.38. The molecule has 0 spiro atoms. The number of Topliss-reactive ketones (excluding diaryl/α,β-unsaturated/α-hetero) is 1. The smallest absolute Gasteiger partial charge is 0.304 e. The van der Waals surface area contributed by atoms with E-state index in [0.29, 0.717) is 22.4 Å². The summed E-state index contributed by atoms with van der Waals surface area (Å²) in [4.78, 5) is 25.0. The minimum absolute atomic E-state index is 0.133. The molecule has 7 heteroatoms. The standard InChI is InChI=1S/C13H12F3NO2S/c1-7-3-4-8(2)10-9(7)11(18)12(19)17(10)5-6-20-13(14,15)16/h3-4H,5-6H2,1-2H3. The lowest BCUT2D eigenvalue weighted by atomic mass is 10.0. The third-order valence-electron chi connectivity index (χ3n) is 3.10. The Bertz CT molecular complexity index is 584. The maximum atomic E-state index is 12.1. The fourth-order valence-corrected chi connectivity index (χ4v) is 2.73. The van der Waals surface area contributed by atoms with Gasteiger partial charge in [-0.25, -0.2) is 0 Å². The lowest BCUT2D eigenvalue weighted by molar-refractivity contribution is -0.114. The van der Waals surface area contributed by atoms with Crippen molar-refractivity contribution in [3.8, 4) is 0 Å². The first-order chi connectivity index (χ1) is 9.22. The predicted molar refractivity (Wildman–Crippen MR) is 71.1 cm³/mol. The Morgan fingerprint density at radius 1 is 1.15 bits per heavy atom. The summed E-state index contributed by atoms with van der Waals surface area (Å²) in [5.41, 5.74) is -2.21. The van der Waals surface area contributed by atoms with Crippen molar-refractivity contribution >= 4 is 29.1 Å². The Balaban J connectivity index is 2.27. The number of alkyl halides is 3. The largest absolute Gasteiger partial charge is 0.441 e. The highest BCUT2D eigenvalue weighted by Crippen LogP contribution is 2.36. The zero-order valence-corrected chi connectivity index (χ0v) is 11.7. The van der Waals surface area contributed by atoms with Crippen molar-refractivity contribution in [2.24, 2.45) is 0 Å². The first-order valence-electron chi connectivity index (χ1n) is 5.89. The Morgan fingerprint density at radius 3 is 2.35 bits per heavy atom. The molecule has 1 amide bonds. The van der Waals surface area contributed by atoms with Gasteiger partial charge < -0.3 is 4.90 Å². The van der Waals surface area contributed by atoms with E-state index in [0.717, 1.165) is 4.90 Å². The van der Waals surface area contributed by atoms with Gasteiger partial charge in [-0.3, -0.25) is 9.59 Å². The minimum Gasteiger partial charge on any atom is -0.304 e. The molecule has 0 fully saturated rings. The number of aryl methyl sites for hydroxylation is 2. The highest BCUT2D eigenvalue weighted by atomic mass is 32.2. The Morgan fingerprint density at radius 2 is 1.75 bits per heavy atom. The van der Waals surface area contributed by atoms with Gasteiger partial charge in [0.25, 0.3) is 11.7 Å². The summed E-state index contributed by atoms with van der Waals surface area (Å²) < 4.78 is 36.4. The van der Waals surface area contributed by atoms with Crippen molar-refractivity contribution in [1.29, 1.82) is 0 Å². The topological polar surface area (TPSA) is 37.4 Å². The maximum Gasteiger partial charge on any atom is 0.441 e. The number of hydrogen-bond acceptors (Lipinski definition) is 3. The van der Waals surface area contributed by atoms with Crippen molar-refractivity contribution < 1.29 is 22.8 Å². The van der Waals surface area contributed by atoms with E-state index in [9.17, 15) is 22.8 Å². The van der Waals surface area contributed by atoms with Crippen LogP contribution in [0.15, 0.2) is 12.1 Å². The Hall–Kier alpha value is -1.50. The van der Waals surface area contributed by atoms with Crippen molar-refractivity contribution in [1.82, 2.24) is 0 Å². The summed E-state index contributed by atoms with van der Waals surface area (Å²) >= 11 is -0.197. The number of carbonyl (C=O) groups excluding carboxylic acids is 2. The van der Waals surface area contributed by atoms with E-state index in [-0.39, 0.29) is 24.1 Å². The van der Waals surface area contributed by atoms with Gasteiger partial charge in [-0.05, 0) is 36.7 Å². The maximum absolute atomic E-state index is 12.1. The number of carbonyl (C=O) groups is 2. The first kappa shape index (κ1) is 14.9. The number of ketones is 1. The van der Waals surface area contributed by atoms with E-state index in [1.165, 1.54) is 0 Å². The average molecular weight is 303 g/mol. The van der Waals surface area contributed by atoms with Crippen molar-refractivity contribution in [2.45, 2.75) is 19.4 Å². The number of anilines is 1. The van der Waals surface area contributed by atoms with Crippen molar-refractivity contribution in [3.63, 3.8) is 0 Å². The predicted octanol–water partition coefficient (Wildman–Crippen LogP) is 3.09. The highest BCUT2D eigenvalue weighted by molar-refractivity contribution is 8.00. The fraction of sp³-hybridized carbons (Fsp3) is 0.385. The van der Waals surface area contributed by atoms with E-state index < -0.39 is 17.2 Å². The van der Waals surface area contributed by atoms with E-state index in [4.69, 9.17) is 0 Å². The summed E-state index contributed by atoms with van der Waals surface area (Å²) in [6.07, 6.45) is 0. The molecule has 1 aromatic rings. The Labute approximate surface area is 118 Å². The monoisotopic (exact) mass is 303 g/mol. The van der Waals surface area contributed by atoms with Gasteiger partial charge in [0, 0.05) is 12.3 Å². The molecule has 1 aromatic carbocycles. The molecule has 0 aromatic heterocycles. The van der Waals surface area contributed by atoms with Crippen LogP contribution in [0.2, 0.25) is 0 Å².